The number of nitrogens with zero attached hydrogens (tertiary/aromatic N) is 2. The number of carbonyl (C=O) groups is 2. The van der Waals surface area contributed by atoms with Crippen molar-refractivity contribution in [3.63, 3.8) is 0 Å². The molecule has 2 fully saturated rings. The summed E-state index contributed by atoms with van der Waals surface area (Å²) >= 11 is 7.56. The van der Waals surface area contributed by atoms with Crippen LogP contribution in [0.5, 0.6) is 0 Å². The van der Waals surface area contributed by atoms with E-state index in [1.165, 1.54) is 11.8 Å². The number of rotatable bonds is 4. The van der Waals surface area contributed by atoms with Gasteiger partial charge in [-0.1, -0.05) is 23.7 Å². The average Bonchev–Trinajstić information content (AvgIpc) is 3.38. The van der Waals surface area contributed by atoms with Gasteiger partial charge in [0.1, 0.15) is 0 Å². The zero-order valence-electron chi connectivity index (χ0n) is 12.3. The topological polar surface area (TPSA) is 40.6 Å². The van der Waals surface area contributed by atoms with E-state index in [2.05, 4.69) is 0 Å². The normalized spacial score (nSPS) is 18.4. The van der Waals surface area contributed by atoms with E-state index in [0.29, 0.717) is 37.0 Å². The van der Waals surface area contributed by atoms with Crippen LogP contribution in [0.2, 0.25) is 5.02 Å². The summed E-state index contributed by atoms with van der Waals surface area (Å²) in [6.45, 7) is 2.61. The molecule has 2 aliphatic rings. The van der Waals surface area contributed by atoms with Crippen LogP contribution in [-0.4, -0.2) is 53.5 Å². The second-order valence-corrected chi connectivity index (χ2v) is 7.12. The molecule has 1 aromatic rings. The van der Waals surface area contributed by atoms with Gasteiger partial charge in [0.25, 0.3) is 0 Å². The number of amides is 2. The van der Waals surface area contributed by atoms with Gasteiger partial charge in [0.15, 0.2) is 0 Å². The first-order valence-corrected chi connectivity index (χ1v) is 8.95. The molecule has 22 heavy (non-hydrogen) atoms. The number of hydrogen-bond donors (Lipinski definition) is 0. The van der Waals surface area contributed by atoms with Crippen LogP contribution in [0.25, 0.3) is 0 Å². The molecule has 118 valence electrons. The quantitative estimate of drug-likeness (QED) is 0.792. The van der Waals surface area contributed by atoms with Crippen molar-refractivity contribution in [2.24, 2.45) is 5.92 Å². The lowest BCUT2D eigenvalue weighted by atomic mass is 10.2. The molecule has 0 aromatic heterocycles. The first-order valence-electron chi connectivity index (χ1n) is 7.59. The van der Waals surface area contributed by atoms with Gasteiger partial charge in [0.2, 0.25) is 11.8 Å². The Morgan fingerprint density at radius 1 is 1.09 bits per heavy atom. The summed E-state index contributed by atoms with van der Waals surface area (Å²) in [5.74, 6) is 1.04. The van der Waals surface area contributed by atoms with Crippen LogP contribution < -0.4 is 0 Å². The highest BCUT2D eigenvalue weighted by Crippen LogP contribution is 2.31. The fourth-order valence-electron chi connectivity index (χ4n) is 2.56. The van der Waals surface area contributed by atoms with E-state index in [0.717, 1.165) is 17.7 Å². The summed E-state index contributed by atoms with van der Waals surface area (Å²) in [7, 11) is 0. The molecule has 2 amide bonds. The third kappa shape index (κ3) is 3.76. The molecule has 1 saturated heterocycles. The minimum atomic E-state index is 0.114. The Balaban J connectivity index is 1.45. The van der Waals surface area contributed by atoms with Crippen molar-refractivity contribution in [1.82, 2.24) is 9.80 Å². The van der Waals surface area contributed by atoms with Gasteiger partial charge < -0.3 is 9.80 Å². The van der Waals surface area contributed by atoms with Crippen LogP contribution in [0.15, 0.2) is 29.2 Å². The average molecular weight is 339 g/mol. The zero-order valence-corrected chi connectivity index (χ0v) is 13.9. The van der Waals surface area contributed by atoms with Gasteiger partial charge in [-0.2, -0.15) is 0 Å². The Labute approximate surface area is 139 Å². The maximum atomic E-state index is 12.3. The van der Waals surface area contributed by atoms with Gasteiger partial charge in [-0.15, -0.1) is 11.8 Å². The Hall–Kier alpha value is -1.20. The largest absolute Gasteiger partial charge is 0.339 e. The Bertz CT molecular complexity index is 569. The summed E-state index contributed by atoms with van der Waals surface area (Å²) < 4.78 is 0. The third-order valence-electron chi connectivity index (χ3n) is 4.06. The molecule has 1 heterocycles. The predicted molar refractivity (Wildman–Crippen MR) is 88.1 cm³/mol. The van der Waals surface area contributed by atoms with E-state index < -0.39 is 0 Å². The molecular weight excluding hydrogens is 320 g/mol. The second-order valence-electron chi connectivity index (χ2n) is 5.70. The van der Waals surface area contributed by atoms with Gasteiger partial charge in [0.05, 0.1) is 10.8 Å². The minimum Gasteiger partial charge on any atom is -0.339 e. The van der Waals surface area contributed by atoms with Crippen LogP contribution in [0.3, 0.4) is 0 Å². The van der Waals surface area contributed by atoms with Gasteiger partial charge in [-0.05, 0) is 25.0 Å². The monoisotopic (exact) mass is 338 g/mol. The minimum absolute atomic E-state index is 0.114. The predicted octanol–water partition coefficient (Wildman–Crippen LogP) is 2.51. The van der Waals surface area contributed by atoms with Crippen molar-refractivity contribution in [3.8, 4) is 0 Å². The highest BCUT2D eigenvalue weighted by Gasteiger charge is 2.35. The summed E-state index contributed by atoms with van der Waals surface area (Å²) in [4.78, 5) is 28.9. The van der Waals surface area contributed by atoms with E-state index in [1.54, 1.807) is 0 Å². The Morgan fingerprint density at radius 2 is 1.73 bits per heavy atom. The molecule has 6 heteroatoms. The molecule has 0 radical (unpaired) electrons. The molecule has 4 nitrogen and oxygen atoms in total. The molecule has 1 saturated carbocycles. The van der Waals surface area contributed by atoms with E-state index in [9.17, 15) is 9.59 Å². The van der Waals surface area contributed by atoms with Gasteiger partial charge >= 0.3 is 0 Å². The molecule has 0 N–H and O–H groups in total. The van der Waals surface area contributed by atoms with Crippen molar-refractivity contribution >= 4 is 35.2 Å². The Kier molecular flexibility index (Phi) is 4.93. The summed E-state index contributed by atoms with van der Waals surface area (Å²) in [5.41, 5.74) is 0. The van der Waals surface area contributed by atoms with Crippen molar-refractivity contribution < 1.29 is 9.59 Å². The SMILES string of the molecule is O=C(CSc1ccccc1Cl)N1CCN(C(=O)C2CC2)CC1. The molecule has 0 bridgehead atoms. The molecule has 0 unspecified atom stereocenters. The molecule has 1 aliphatic carbocycles. The van der Waals surface area contributed by atoms with Crippen molar-refractivity contribution in [2.75, 3.05) is 31.9 Å². The van der Waals surface area contributed by atoms with Gasteiger partial charge in [-0.3, -0.25) is 9.59 Å². The number of carbonyl (C=O) groups excluding carboxylic acids is 2. The second kappa shape index (κ2) is 6.92. The van der Waals surface area contributed by atoms with E-state index in [-0.39, 0.29) is 17.7 Å². The smallest absolute Gasteiger partial charge is 0.233 e. The van der Waals surface area contributed by atoms with Crippen molar-refractivity contribution in [3.05, 3.63) is 29.3 Å². The molecule has 1 aliphatic heterocycles. The van der Waals surface area contributed by atoms with Crippen LogP contribution in [0, 0.1) is 5.92 Å². The molecule has 0 spiro atoms. The third-order valence-corrected chi connectivity index (χ3v) is 5.56. The fourth-order valence-corrected chi connectivity index (χ4v) is 3.70. The zero-order chi connectivity index (χ0) is 15.5. The maximum absolute atomic E-state index is 12.3. The maximum Gasteiger partial charge on any atom is 0.233 e. The number of thioether (sulfide) groups is 1. The van der Waals surface area contributed by atoms with Crippen LogP contribution in [0.4, 0.5) is 0 Å². The first-order chi connectivity index (χ1) is 10.6. The van der Waals surface area contributed by atoms with Crippen LogP contribution in [-0.2, 0) is 9.59 Å². The summed E-state index contributed by atoms with van der Waals surface area (Å²) in [5, 5.41) is 0.681. The Morgan fingerprint density at radius 3 is 2.36 bits per heavy atom. The van der Waals surface area contributed by atoms with E-state index >= 15 is 0 Å². The molecule has 0 atom stereocenters. The van der Waals surface area contributed by atoms with Gasteiger partial charge in [-0.25, -0.2) is 0 Å². The highest BCUT2D eigenvalue weighted by molar-refractivity contribution is 8.00. The van der Waals surface area contributed by atoms with Crippen LogP contribution >= 0.6 is 23.4 Å². The molecule has 3 rings (SSSR count). The number of piperazine rings is 1. The molecular formula is C16H19ClN2O2S. The number of halogens is 1. The highest BCUT2D eigenvalue weighted by atomic mass is 35.5. The van der Waals surface area contributed by atoms with Crippen LogP contribution in [0.1, 0.15) is 12.8 Å². The lowest BCUT2D eigenvalue weighted by Crippen LogP contribution is -2.51. The summed E-state index contributed by atoms with van der Waals surface area (Å²) in [6, 6.07) is 7.55. The first kappa shape index (κ1) is 15.7. The standard InChI is InChI=1S/C16H19ClN2O2S/c17-13-3-1-2-4-14(13)22-11-15(20)18-7-9-19(10-8-18)16(21)12-5-6-12/h1-4,12H,5-11H2. The number of hydrogen-bond acceptors (Lipinski definition) is 3. The van der Waals surface area contributed by atoms with E-state index in [1.807, 2.05) is 34.1 Å². The van der Waals surface area contributed by atoms with E-state index in [4.69, 9.17) is 11.6 Å². The summed E-state index contributed by atoms with van der Waals surface area (Å²) in [6.07, 6.45) is 2.07. The van der Waals surface area contributed by atoms with Crippen molar-refractivity contribution in [1.29, 1.82) is 0 Å². The number of benzene rings is 1. The van der Waals surface area contributed by atoms with Gasteiger partial charge in [0, 0.05) is 37.0 Å². The molecule has 1 aromatic carbocycles. The fraction of sp³-hybridized carbons (Fsp3) is 0.500. The lowest BCUT2D eigenvalue weighted by Gasteiger charge is -2.35. The lowest BCUT2D eigenvalue weighted by molar-refractivity contribution is -0.139. The van der Waals surface area contributed by atoms with Crippen molar-refractivity contribution in [2.45, 2.75) is 17.7 Å².